The summed E-state index contributed by atoms with van der Waals surface area (Å²) in [5.41, 5.74) is 6.26. The molecule has 1 fully saturated rings. The van der Waals surface area contributed by atoms with Gasteiger partial charge in [-0.2, -0.15) is 0 Å². The summed E-state index contributed by atoms with van der Waals surface area (Å²) >= 11 is 5.96. The van der Waals surface area contributed by atoms with E-state index in [9.17, 15) is 4.39 Å². The van der Waals surface area contributed by atoms with Crippen molar-refractivity contribution in [3.63, 3.8) is 0 Å². The van der Waals surface area contributed by atoms with Crippen LogP contribution < -0.4 is 5.73 Å². The minimum absolute atomic E-state index is 0.192. The van der Waals surface area contributed by atoms with Crippen LogP contribution in [0.5, 0.6) is 0 Å². The third-order valence-electron chi connectivity index (χ3n) is 4.04. The van der Waals surface area contributed by atoms with E-state index < -0.39 is 0 Å². The van der Waals surface area contributed by atoms with E-state index in [0.29, 0.717) is 6.54 Å². The molecular formula is C14H19ClFN3. The molecule has 1 aliphatic heterocycles. The van der Waals surface area contributed by atoms with E-state index in [1.54, 1.807) is 6.07 Å². The van der Waals surface area contributed by atoms with E-state index in [1.165, 1.54) is 6.07 Å². The summed E-state index contributed by atoms with van der Waals surface area (Å²) < 4.78 is 13.4. The minimum atomic E-state index is -0.371. The van der Waals surface area contributed by atoms with Crippen molar-refractivity contribution in [3.05, 3.63) is 34.6 Å². The molecule has 0 amide bonds. The molecule has 3 N–H and O–H groups in total. The van der Waals surface area contributed by atoms with Crippen molar-refractivity contribution < 1.29 is 4.39 Å². The number of benzene rings is 1. The number of piperidine rings is 1. The lowest BCUT2D eigenvalue weighted by Crippen LogP contribution is -2.44. The number of hydrogen-bond acceptors (Lipinski definition) is 2. The molecule has 0 saturated carbocycles. The number of amidine groups is 1. The van der Waals surface area contributed by atoms with Gasteiger partial charge in [0, 0.05) is 12.0 Å². The Kier molecular flexibility index (Phi) is 4.11. The van der Waals surface area contributed by atoms with Crippen LogP contribution in [0, 0.1) is 16.6 Å². The number of halogens is 2. The van der Waals surface area contributed by atoms with Crippen molar-refractivity contribution in [2.75, 3.05) is 13.1 Å². The van der Waals surface area contributed by atoms with Gasteiger partial charge in [-0.3, -0.25) is 10.3 Å². The van der Waals surface area contributed by atoms with Gasteiger partial charge in [0.1, 0.15) is 5.82 Å². The van der Waals surface area contributed by atoms with E-state index in [1.807, 2.05) is 13.0 Å². The second-order valence-electron chi connectivity index (χ2n) is 5.46. The van der Waals surface area contributed by atoms with Crippen LogP contribution in [-0.4, -0.2) is 23.8 Å². The van der Waals surface area contributed by atoms with Crippen LogP contribution in [-0.2, 0) is 6.54 Å². The molecule has 0 aromatic heterocycles. The van der Waals surface area contributed by atoms with Crippen LogP contribution in [0.4, 0.5) is 4.39 Å². The predicted molar refractivity (Wildman–Crippen MR) is 75.9 cm³/mol. The molecule has 104 valence electrons. The zero-order chi connectivity index (χ0) is 14.0. The van der Waals surface area contributed by atoms with Gasteiger partial charge in [0.25, 0.3) is 0 Å². The Balaban J connectivity index is 2.00. The van der Waals surface area contributed by atoms with Crippen molar-refractivity contribution >= 4 is 17.4 Å². The fourth-order valence-electron chi connectivity index (χ4n) is 2.39. The molecule has 0 unspecified atom stereocenters. The number of rotatable bonds is 3. The molecule has 0 aliphatic carbocycles. The van der Waals surface area contributed by atoms with Gasteiger partial charge in [0.05, 0.1) is 10.9 Å². The summed E-state index contributed by atoms with van der Waals surface area (Å²) in [5, 5.41) is 7.83. The van der Waals surface area contributed by atoms with Crippen molar-refractivity contribution in [2.24, 2.45) is 11.1 Å². The summed E-state index contributed by atoms with van der Waals surface area (Å²) in [6.45, 7) is 4.37. The first-order valence-electron chi connectivity index (χ1n) is 6.42. The van der Waals surface area contributed by atoms with E-state index >= 15 is 0 Å². The highest BCUT2D eigenvalue weighted by molar-refractivity contribution is 6.31. The summed E-state index contributed by atoms with van der Waals surface area (Å²) in [4.78, 5) is 2.23. The summed E-state index contributed by atoms with van der Waals surface area (Å²) in [6, 6.07) is 4.90. The molecule has 19 heavy (non-hydrogen) atoms. The Hall–Kier alpha value is -1.13. The number of likely N-dealkylation sites (tertiary alicyclic amines) is 1. The van der Waals surface area contributed by atoms with Gasteiger partial charge in [-0.15, -0.1) is 0 Å². The lowest BCUT2D eigenvalue weighted by atomic mass is 9.79. The molecule has 5 heteroatoms. The molecule has 0 spiro atoms. The summed E-state index contributed by atoms with van der Waals surface area (Å²) in [7, 11) is 0. The van der Waals surface area contributed by atoms with Gasteiger partial charge < -0.3 is 5.73 Å². The summed E-state index contributed by atoms with van der Waals surface area (Å²) in [5.74, 6) is -0.110. The first kappa shape index (κ1) is 14.3. The monoisotopic (exact) mass is 283 g/mol. The highest BCUT2D eigenvalue weighted by Gasteiger charge is 2.32. The van der Waals surface area contributed by atoms with Gasteiger partial charge in [-0.1, -0.05) is 30.7 Å². The van der Waals surface area contributed by atoms with Gasteiger partial charge in [-0.05, 0) is 37.6 Å². The molecule has 2 rings (SSSR count). The largest absolute Gasteiger partial charge is 0.387 e. The normalized spacial score (nSPS) is 19.3. The van der Waals surface area contributed by atoms with Crippen LogP contribution in [0.3, 0.4) is 0 Å². The number of nitrogens with one attached hydrogen (secondary N) is 1. The van der Waals surface area contributed by atoms with Crippen molar-refractivity contribution in [3.8, 4) is 0 Å². The molecule has 0 radical (unpaired) electrons. The quantitative estimate of drug-likeness (QED) is 0.662. The molecule has 3 nitrogen and oxygen atoms in total. The average Bonchev–Trinajstić information content (AvgIpc) is 2.37. The van der Waals surface area contributed by atoms with E-state index in [-0.39, 0.29) is 22.1 Å². The fourth-order valence-corrected chi connectivity index (χ4v) is 2.57. The molecule has 1 aromatic carbocycles. The van der Waals surface area contributed by atoms with Gasteiger partial charge >= 0.3 is 0 Å². The first-order chi connectivity index (χ1) is 8.92. The van der Waals surface area contributed by atoms with Crippen molar-refractivity contribution in [2.45, 2.75) is 26.3 Å². The average molecular weight is 284 g/mol. The number of hydrogen-bond donors (Lipinski definition) is 2. The van der Waals surface area contributed by atoms with Gasteiger partial charge in [-0.25, -0.2) is 4.39 Å². The fraction of sp³-hybridized carbons (Fsp3) is 0.500. The van der Waals surface area contributed by atoms with Crippen LogP contribution in [0.25, 0.3) is 0 Å². The number of nitrogens with zero attached hydrogens (tertiary/aromatic N) is 1. The predicted octanol–water partition coefficient (Wildman–Crippen LogP) is 3.02. The molecule has 0 bridgehead atoms. The Morgan fingerprint density at radius 2 is 2.11 bits per heavy atom. The van der Waals surface area contributed by atoms with Crippen LogP contribution in [0.1, 0.15) is 25.3 Å². The highest BCUT2D eigenvalue weighted by Crippen LogP contribution is 2.32. The molecule has 0 atom stereocenters. The van der Waals surface area contributed by atoms with Crippen LogP contribution in [0.15, 0.2) is 18.2 Å². The Morgan fingerprint density at radius 1 is 1.47 bits per heavy atom. The van der Waals surface area contributed by atoms with E-state index in [4.69, 9.17) is 22.7 Å². The standard InChI is InChI=1S/C14H19ClFN3/c1-14(13(17)18)5-7-19(8-6-14)9-10-3-2-4-11(16)12(10)15/h2-4H,5-9H2,1H3,(H3,17,18). The zero-order valence-electron chi connectivity index (χ0n) is 11.0. The van der Waals surface area contributed by atoms with Crippen molar-refractivity contribution in [1.29, 1.82) is 5.41 Å². The van der Waals surface area contributed by atoms with Gasteiger partial charge in [0.15, 0.2) is 0 Å². The summed E-state index contributed by atoms with van der Waals surface area (Å²) in [6.07, 6.45) is 1.71. The third kappa shape index (κ3) is 3.07. The lowest BCUT2D eigenvalue weighted by molar-refractivity contribution is 0.156. The molecule has 1 heterocycles. The topological polar surface area (TPSA) is 53.1 Å². The third-order valence-corrected chi connectivity index (χ3v) is 4.46. The van der Waals surface area contributed by atoms with Crippen molar-refractivity contribution in [1.82, 2.24) is 4.90 Å². The minimum Gasteiger partial charge on any atom is -0.387 e. The maximum atomic E-state index is 13.4. The molecule has 1 aromatic rings. The second kappa shape index (κ2) is 5.47. The Labute approximate surface area is 118 Å². The second-order valence-corrected chi connectivity index (χ2v) is 5.84. The first-order valence-corrected chi connectivity index (χ1v) is 6.80. The SMILES string of the molecule is CC1(C(=N)N)CCN(Cc2cccc(F)c2Cl)CC1. The Bertz CT molecular complexity index is 482. The van der Waals surface area contributed by atoms with E-state index in [0.717, 1.165) is 31.5 Å². The zero-order valence-corrected chi connectivity index (χ0v) is 11.8. The number of nitrogens with two attached hydrogens (primary N) is 1. The van der Waals surface area contributed by atoms with Gasteiger partial charge in [0.2, 0.25) is 0 Å². The van der Waals surface area contributed by atoms with E-state index in [2.05, 4.69) is 4.90 Å². The molecular weight excluding hydrogens is 265 g/mol. The van der Waals surface area contributed by atoms with Crippen LogP contribution in [0.2, 0.25) is 5.02 Å². The molecule has 1 saturated heterocycles. The maximum Gasteiger partial charge on any atom is 0.142 e. The Morgan fingerprint density at radius 3 is 2.68 bits per heavy atom. The van der Waals surface area contributed by atoms with Crippen LogP contribution >= 0.6 is 11.6 Å². The maximum absolute atomic E-state index is 13.4. The lowest BCUT2D eigenvalue weighted by Gasteiger charge is -2.38. The smallest absolute Gasteiger partial charge is 0.142 e. The highest BCUT2D eigenvalue weighted by atomic mass is 35.5. The molecule has 1 aliphatic rings.